The molecule has 24 heavy (non-hydrogen) atoms. The van der Waals surface area contributed by atoms with Crippen molar-refractivity contribution < 1.29 is 13.3 Å². The van der Waals surface area contributed by atoms with Gasteiger partial charge in [-0.1, -0.05) is 45.4 Å². The van der Waals surface area contributed by atoms with Gasteiger partial charge in [0.25, 0.3) is 0 Å². The lowest BCUT2D eigenvalue weighted by molar-refractivity contribution is 0.121. The normalized spacial score (nSPS) is 13.6. The summed E-state index contributed by atoms with van der Waals surface area (Å²) in [5.41, 5.74) is 6.28. The summed E-state index contributed by atoms with van der Waals surface area (Å²) in [6, 6.07) is 0.861. The summed E-state index contributed by atoms with van der Waals surface area (Å²) in [6.07, 6.45) is 11.4. The smallest absolute Gasteiger partial charge is 0.377 e. The fourth-order valence-electron chi connectivity index (χ4n) is 3.18. The van der Waals surface area contributed by atoms with E-state index in [1.54, 1.807) is 21.3 Å². The van der Waals surface area contributed by atoms with E-state index < -0.39 is 8.80 Å². The van der Waals surface area contributed by atoms with Crippen LogP contribution in [0.4, 0.5) is 0 Å². The first-order valence-electron chi connectivity index (χ1n) is 9.29. The van der Waals surface area contributed by atoms with Crippen LogP contribution >= 0.6 is 12.4 Å². The Balaban J connectivity index is 0. The Bertz CT molecular complexity index is 276. The summed E-state index contributed by atoms with van der Waals surface area (Å²) in [6.45, 7) is 6.57. The highest BCUT2D eigenvalue weighted by molar-refractivity contribution is 6.60. The highest BCUT2D eigenvalue weighted by Gasteiger charge is 2.37. The second-order valence-corrected chi connectivity index (χ2v) is 10.4. The molecule has 0 aromatic carbocycles. The zero-order valence-corrected chi connectivity index (χ0v) is 18.7. The van der Waals surface area contributed by atoms with Crippen LogP contribution in [0.2, 0.25) is 6.04 Å². The summed E-state index contributed by atoms with van der Waals surface area (Å²) < 4.78 is 16.5. The number of unbranched alkanes of at least 4 members (excludes halogenated alkanes) is 5. The van der Waals surface area contributed by atoms with Crippen LogP contribution in [0.15, 0.2) is 0 Å². The molecule has 0 saturated heterocycles. The number of rotatable bonds is 15. The van der Waals surface area contributed by atoms with Gasteiger partial charge >= 0.3 is 8.80 Å². The maximum Gasteiger partial charge on any atom is 0.500 e. The monoisotopic (exact) mass is 383 g/mol. The number of nitrogens with two attached hydrogens (primary N) is 1. The van der Waals surface area contributed by atoms with Gasteiger partial charge in [0.2, 0.25) is 0 Å². The van der Waals surface area contributed by atoms with Crippen LogP contribution in [-0.2, 0) is 13.3 Å². The van der Waals surface area contributed by atoms with Gasteiger partial charge in [-0.25, -0.2) is 0 Å². The Hall–Kier alpha value is 0.347. The average molecular weight is 384 g/mol. The Kier molecular flexibility index (Phi) is 16.1. The molecule has 0 saturated carbocycles. The lowest BCUT2D eigenvalue weighted by Gasteiger charge is -2.32. The predicted molar refractivity (Wildman–Crippen MR) is 108 cm³/mol. The van der Waals surface area contributed by atoms with Crippen molar-refractivity contribution in [3.63, 3.8) is 0 Å². The first-order chi connectivity index (χ1) is 10.8. The molecule has 0 aliphatic heterocycles. The number of halogens is 1. The van der Waals surface area contributed by atoms with Gasteiger partial charge in [-0.05, 0) is 39.0 Å². The molecule has 1 unspecified atom stereocenters. The third-order valence-corrected chi connectivity index (χ3v) is 7.76. The highest BCUT2D eigenvalue weighted by Crippen LogP contribution is 2.28. The van der Waals surface area contributed by atoms with E-state index in [9.17, 15) is 0 Å². The first kappa shape index (κ1) is 26.6. The standard InChI is InChI=1S/C18H41NO3Si.ClH/c1-7-8-9-10-11-12-14-17(18(2,3)19)15-13-16-23(20-4,21-5)22-6;/h17H,7-16,19H2,1-6H3;1H. The minimum atomic E-state index is -2.44. The van der Waals surface area contributed by atoms with Gasteiger partial charge < -0.3 is 19.0 Å². The Morgan fingerprint density at radius 2 is 1.29 bits per heavy atom. The molecule has 0 heterocycles. The molecule has 0 fully saturated rings. The zero-order chi connectivity index (χ0) is 17.8. The summed E-state index contributed by atoms with van der Waals surface area (Å²) in [5.74, 6) is 0.547. The van der Waals surface area contributed by atoms with Crippen LogP contribution in [0, 0.1) is 5.92 Å². The van der Waals surface area contributed by atoms with Crippen molar-refractivity contribution in [2.75, 3.05) is 21.3 Å². The molecule has 0 aliphatic rings. The molecule has 0 rings (SSSR count). The van der Waals surface area contributed by atoms with Crippen LogP contribution in [0.1, 0.15) is 78.6 Å². The fraction of sp³-hybridized carbons (Fsp3) is 1.00. The van der Waals surface area contributed by atoms with E-state index in [2.05, 4.69) is 20.8 Å². The zero-order valence-electron chi connectivity index (χ0n) is 16.9. The van der Waals surface area contributed by atoms with E-state index in [4.69, 9.17) is 19.0 Å². The first-order valence-corrected chi connectivity index (χ1v) is 11.2. The summed E-state index contributed by atoms with van der Waals surface area (Å²) in [7, 11) is 2.60. The number of hydrogen-bond donors (Lipinski definition) is 1. The molecule has 1 atom stereocenters. The topological polar surface area (TPSA) is 53.7 Å². The molecule has 0 radical (unpaired) electrons. The minimum Gasteiger partial charge on any atom is -0.377 e. The quantitative estimate of drug-likeness (QED) is 0.313. The fourth-order valence-corrected chi connectivity index (χ4v) is 4.93. The Morgan fingerprint density at radius 3 is 1.75 bits per heavy atom. The molecule has 0 amide bonds. The van der Waals surface area contributed by atoms with E-state index in [-0.39, 0.29) is 17.9 Å². The van der Waals surface area contributed by atoms with Gasteiger partial charge in [0.15, 0.2) is 0 Å². The van der Waals surface area contributed by atoms with Crippen LogP contribution in [-0.4, -0.2) is 35.7 Å². The van der Waals surface area contributed by atoms with Crippen molar-refractivity contribution in [3.8, 4) is 0 Å². The van der Waals surface area contributed by atoms with Gasteiger partial charge in [-0.15, -0.1) is 12.4 Å². The Labute approximate surface area is 158 Å². The molecule has 0 bridgehead atoms. The van der Waals surface area contributed by atoms with Gasteiger partial charge in [-0.3, -0.25) is 0 Å². The molecular weight excluding hydrogens is 342 g/mol. The van der Waals surface area contributed by atoms with Gasteiger partial charge in [0.05, 0.1) is 0 Å². The molecule has 0 aromatic heterocycles. The molecule has 4 nitrogen and oxygen atoms in total. The highest BCUT2D eigenvalue weighted by atomic mass is 35.5. The minimum absolute atomic E-state index is 0. The second kappa shape index (κ2) is 14.5. The van der Waals surface area contributed by atoms with Crippen molar-refractivity contribution in [2.45, 2.75) is 90.1 Å². The van der Waals surface area contributed by atoms with Crippen molar-refractivity contribution >= 4 is 21.2 Å². The summed E-state index contributed by atoms with van der Waals surface area (Å²) >= 11 is 0. The van der Waals surface area contributed by atoms with Crippen molar-refractivity contribution in [2.24, 2.45) is 11.7 Å². The van der Waals surface area contributed by atoms with Crippen molar-refractivity contribution in [1.82, 2.24) is 0 Å². The van der Waals surface area contributed by atoms with Crippen molar-refractivity contribution in [1.29, 1.82) is 0 Å². The van der Waals surface area contributed by atoms with Crippen LogP contribution in [0.25, 0.3) is 0 Å². The summed E-state index contributed by atoms with van der Waals surface area (Å²) in [5, 5.41) is 0. The van der Waals surface area contributed by atoms with Crippen LogP contribution in [0.5, 0.6) is 0 Å². The van der Waals surface area contributed by atoms with E-state index in [1.807, 2.05) is 0 Å². The van der Waals surface area contributed by atoms with Gasteiger partial charge in [-0.2, -0.15) is 0 Å². The third kappa shape index (κ3) is 11.1. The lowest BCUT2D eigenvalue weighted by Crippen LogP contribution is -2.44. The summed E-state index contributed by atoms with van der Waals surface area (Å²) in [4.78, 5) is 0. The van der Waals surface area contributed by atoms with E-state index in [0.717, 1.165) is 18.9 Å². The van der Waals surface area contributed by atoms with E-state index >= 15 is 0 Å². The Morgan fingerprint density at radius 1 is 0.833 bits per heavy atom. The molecule has 0 spiro atoms. The largest absolute Gasteiger partial charge is 0.500 e. The predicted octanol–water partition coefficient (Wildman–Crippen LogP) is 5.17. The van der Waals surface area contributed by atoms with Crippen LogP contribution < -0.4 is 5.73 Å². The maximum atomic E-state index is 6.41. The molecule has 6 heteroatoms. The van der Waals surface area contributed by atoms with Gasteiger partial charge in [0, 0.05) is 32.9 Å². The number of hydrogen-bond acceptors (Lipinski definition) is 4. The maximum absolute atomic E-state index is 6.41. The molecular formula is C18H42ClNO3Si. The molecule has 0 aromatic rings. The second-order valence-electron chi connectivity index (χ2n) is 7.26. The lowest BCUT2D eigenvalue weighted by atomic mass is 9.81. The SMILES string of the molecule is CCCCCCCCC(CCC[Si](OC)(OC)OC)C(C)(C)N.Cl. The van der Waals surface area contributed by atoms with Crippen LogP contribution in [0.3, 0.4) is 0 Å². The van der Waals surface area contributed by atoms with Crippen molar-refractivity contribution in [3.05, 3.63) is 0 Å². The molecule has 0 aliphatic carbocycles. The van der Waals surface area contributed by atoms with E-state index in [0.29, 0.717) is 5.92 Å². The molecule has 2 N–H and O–H groups in total. The average Bonchev–Trinajstić information content (AvgIpc) is 2.52. The van der Waals surface area contributed by atoms with Gasteiger partial charge in [0.1, 0.15) is 0 Å². The van der Waals surface area contributed by atoms with E-state index in [1.165, 1.54) is 44.9 Å². The molecule has 148 valence electrons. The third-order valence-electron chi connectivity index (χ3n) is 4.93.